The minimum atomic E-state index is -3.97. The summed E-state index contributed by atoms with van der Waals surface area (Å²) in [7, 11) is -7.58. The van der Waals surface area contributed by atoms with E-state index < -0.39 is 25.9 Å². The van der Waals surface area contributed by atoms with Crippen LogP contribution in [0.1, 0.15) is 16.7 Å². The first-order valence-electron chi connectivity index (χ1n) is 10.1. The van der Waals surface area contributed by atoms with Crippen LogP contribution in [0.2, 0.25) is 0 Å². The zero-order valence-corrected chi connectivity index (χ0v) is 19.3. The van der Waals surface area contributed by atoms with E-state index in [0.29, 0.717) is 37.3 Å². The van der Waals surface area contributed by atoms with E-state index >= 15 is 0 Å². The van der Waals surface area contributed by atoms with E-state index in [0.717, 1.165) is 9.87 Å². The number of aryl methyl sites for hydroxylation is 2. The van der Waals surface area contributed by atoms with Gasteiger partial charge in [0.05, 0.1) is 10.6 Å². The molecule has 31 heavy (non-hydrogen) atoms. The fourth-order valence-corrected chi connectivity index (χ4v) is 6.77. The molecule has 0 aliphatic carbocycles. The average molecular weight is 470 g/mol. The molecule has 3 rings (SSSR count). The molecule has 0 saturated carbocycles. The highest BCUT2D eigenvalue weighted by Gasteiger charge is 2.30. The SMILES string of the molecule is Cc1ccc(S(=O)(=O)N(CCS(=O)(=O)N2CCNCC2)Cc2ccc(F)cc2)c(C)c1. The average Bonchev–Trinajstić information content (AvgIpc) is 2.72. The van der Waals surface area contributed by atoms with Crippen LogP contribution < -0.4 is 5.32 Å². The summed E-state index contributed by atoms with van der Waals surface area (Å²) >= 11 is 0. The van der Waals surface area contributed by atoms with Gasteiger partial charge in [-0.05, 0) is 43.2 Å². The van der Waals surface area contributed by atoms with Gasteiger partial charge in [-0.15, -0.1) is 0 Å². The largest absolute Gasteiger partial charge is 0.314 e. The first-order chi connectivity index (χ1) is 14.6. The standard InChI is InChI=1S/C21H28FN3O4S2/c1-17-3-8-21(18(2)15-17)31(28,29)25(16-19-4-6-20(22)7-5-19)13-14-30(26,27)24-11-9-23-10-12-24/h3-8,15,23H,9-14,16H2,1-2H3. The predicted octanol–water partition coefficient (Wildman–Crippen LogP) is 1.87. The van der Waals surface area contributed by atoms with Crippen molar-refractivity contribution in [2.45, 2.75) is 25.3 Å². The van der Waals surface area contributed by atoms with Gasteiger partial charge in [-0.3, -0.25) is 0 Å². The van der Waals surface area contributed by atoms with Gasteiger partial charge < -0.3 is 5.32 Å². The summed E-state index contributed by atoms with van der Waals surface area (Å²) in [6.07, 6.45) is 0. The van der Waals surface area contributed by atoms with Gasteiger partial charge >= 0.3 is 0 Å². The number of sulfonamides is 2. The zero-order chi connectivity index (χ0) is 22.6. The molecule has 1 aliphatic rings. The van der Waals surface area contributed by atoms with Gasteiger partial charge in [0, 0.05) is 39.3 Å². The van der Waals surface area contributed by atoms with E-state index in [4.69, 9.17) is 0 Å². The quantitative estimate of drug-likeness (QED) is 0.638. The predicted molar refractivity (Wildman–Crippen MR) is 118 cm³/mol. The lowest BCUT2D eigenvalue weighted by Gasteiger charge is -2.28. The van der Waals surface area contributed by atoms with Gasteiger partial charge in [-0.2, -0.15) is 8.61 Å². The molecule has 10 heteroatoms. The maximum Gasteiger partial charge on any atom is 0.243 e. The summed E-state index contributed by atoms with van der Waals surface area (Å²) in [5, 5.41) is 3.10. The Morgan fingerprint density at radius 1 is 1.00 bits per heavy atom. The van der Waals surface area contributed by atoms with E-state index in [9.17, 15) is 21.2 Å². The summed E-state index contributed by atoms with van der Waals surface area (Å²) in [5.74, 6) is -0.743. The van der Waals surface area contributed by atoms with Crippen molar-refractivity contribution in [2.24, 2.45) is 0 Å². The van der Waals surface area contributed by atoms with E-state index in [1.165, 1.54) is 28.6 Å². The Morgan fingerprint density at radius 3 is 2.26 bits per heavy atom. The van der Waals surface area contributed by atoms with Crippen molar-refractivity contribution in [3.05, 3.63) is 65.0 Å². The second-order valence-corrected chi connectivity index (χ2v) is 11.7. The number of nitrogens with zero attached hydrogens (tertiary/aromatic N) is 2. The van der Waals surface area contributed by atoms with Gasteiger partial charge in [-0.25, -0.2) is 21.2 Å². The molecule has 1 saturated heterocycles. The first-order valence-corrected chi connectivity index (χ1v) is 13.1. The van der Waals surface area contributed by atoms with Gasteiger partial charge in [0.2, 0.25) is 20.0 Å². The zero-order valence-electron chi connectivity index (χ0n) is 17.7. The third-order valence-electron chi connectivity index (χ3n) is 5.29. The molecule has 0 bridgehead atoms. The lowest BCUT2D eigenvalue weighted by Crippen LogP contribution is -2.48. The Bertz CT molecular complexity index is 1110. The highest BCUT2D eigenvalue weighted by atomic mass is 32.2. The number of nitrogens with one attached hydrogen (secondary N) is 1. The number of hydrogen-bond donors (Lipinski definition) is 1. The molecule has 1 fully saturated rings. The Balaban J connectivity index is 1.89. The van der Waals surface area contributed by atoms with Crippen LogP contribution in [-0.2, 0) is 26.6 Å². The molecular weight excluding hydrogens is 441 g/mol. The molecule has 0 amide bonds. The summed E-state index contributed by atoms with van der Waals surface area (Å²) in [6, 6.07) is 10.6. The van der Waals surface area contributed by atoms with Crippen LogP contribution in [0.4, 0.5) is 4.39 Å². The monoisotopic (exact) mass is 469 g/mol. The molecule has 0 aromatic heterocycles. The number of hydrogen-bond acceptors (Lipinski definition) is 5. The van der Waals surface area contributed by atoms with Crippen LogP contribution >= 0.6 is 0 Å². The van der Waals surface area contributed by atoms with Crippen LogP contribution in [-0.4, -0.2) is 63.9 Å². The molecular formula is C21H28FN3O4S2. The molecule has 0 spiro atoms. The molecule has 170 valence electrons. The van der Waals surface area contributed by atoms with Crippen molar-refractivity contribution < 1.29 is 21.2 Å². The Morgan fingerprint density at radius 2 is 1.65 bits per heavy atom. The minimum absolute atomic E-state index is 0.0486. The van der Waals surface area contributed by atoms with E-state index in [1.807, 2.05) is 6.92 Å². The number of halogens is 1. The number of piperazine rings is 1. The molecule has 0 atom stereocenters. The van der Waals surface area contributed by atoms with Crippen LogP contribution in [0.3, 0.4) is 0 Å². The van der Waals surface area contributed by atoms with Crippen molar-refractivity contribution in [3.63, 3.8) is 0 Å². The minimum Gasteiger partial charge on any atom is -0.314 e. The molecule has 0 unspecified atom stereocenters. The number of benzene rings is 2. The summed E-state index contributed by atoms with van der Waals surface area (Å²) in [5.41, 5.74) is 2.10. The van der Waals surface area contributed by atoms with Crippen LogP contribution in [0, 0.1) is 19.7 Å². The van der Waals surface area contributed by atoms with Crippen molar-refractivity contribution in [2.75, 3.05) is 38.5 Å². The van der Waals surface area contributed by atoms with E-state index in [1.54, 1.807) is 25.1 Å². The maximum atomic E-state index is 13.5. The van der Waals surface area contributed by atoms with Crippen LogP contribution in [0.5, 0.6) is 0 Å². The second-order valence-electron chi connectivity index (χ2n) is 7.70. The fourth-order valence-electron chi connectivity index (χ4n) is 3.57. The molecule has 1 heterocycles. The molecule has 2 aromatic rings. The maximum absolute atomic E-state index is 13.5. The van der Waals surface area contributed by atoms with Crippen molar-refractivity contribution in [3.8, 4) is 0 Å². The van der Waals surface area contributed by atoms with Gasteiger partial charge in [-0.1, -0.05) is 29.8 Å². The Hall–Kier alpha value is -1.85. The van der Waals surface area contributed by atoms with Gasteiger partial charge in [0.15, 0.2) is 0 Å². The Kier molecular flexibility index (Phi) is 7.48. The third kappa shape index (κ3) is 5.89. The molecule has 1 N–H and O–H groups in total. The lowest BCUT2D eigenvalue weighted by molar-refractivity contribution is 0.355. The van der Waals surface area contributed by atoms with E-state index in [2.05, 4.69) is 5.32 Å². The van der Waals surface area contributed by atoms with Gasteiger partial charge in [0.1, 0.15) is 5.82 Å². The fraction of sp³-hybridized carbons (Fsp3) is 0.429. The molecule has 1 aliphatic heterocycles. The molecule has 0 radical (unpaired) electrons. The lowest BCUT2D eigenvalue weighted by atomic mass is 10.2. The Labute approximate surface area is 184 Å². The van der Waals surface area contributed by atoms with Crippen LogP contribution in [0.25, 0.3) is 0 Å². The van der Waals surface area contributed by atoms with Gasteiger partial charge in [0.25, 0.3) is 0 Å². The second kappa shape index (κ2) is 9.74. The normalized spacial score (nSPS) is 16.0. The van der Waals surface area contributed by atoms with E-state index in [-0.39, 0.29) is 23.7 Å². The van der Waals surface area contributed by atoms with Crippen molar-refractivity contribution in [1.82, 2.24) is 13.9 Å². The summed E-state index contributed by atoms with van der Waals surface area (Å²) in [6.45, 7) is 5.21. The topological polar surface area (TPSA) is 86.8 Å². The third-order valence-corrected chi connectivity index (χ3v) is 9.14. The highest BCUT2D eigenvalue weighted by molar-refractivity contribution is 7.90. The van der Waals surface area contributed by atoms with Crippen LogP contribution in [0.15, 0.2) is 47.4 Å². The smallest absolute Gasteiger partial charge is 0.243 e. The molecule has 7 nitrogen and oxygen atoms in total. The summed E-state index contributed by atoms with van der Waals surface area (Å²) < 4.78 is 68.4. The van der Waals surface area contributed by atoms with Crippen molar-refractivity contribution in [1.29, 1.82) is 0 Å². The van der Waals surface area contributed by atoms with Crippen molar-refractivity contribution >= 4 is 20.0 Å². The first kappa shape index (κ1) is 23.8. The molecule has 2 aromatic carbocycles. The highest BCUT2D eigenvalue weighted by Crippen LogP contribution is 2.23. The number of rotatable bonds is 8. The summed E-state index contributed by atoms with van der Waals surface area (Å²) in [4.78, 5) is 0.139.